The summed E-state index contributed by atoms with van der Waals surface area (Å²) in [5, 5.41) is 2.84. The maximum Gasteiger partial charge on any atom is 0.225 e. The van der Waals surface area contributed by atoms with Crippen molar-refractivity contribution in [3.05, 3.63) is 0 Å². The third-order valence-electron chi connectivity index (χ3n) is 3.63. The summed E-state index contributed by atoms with van der Waals surface area (Å²) in [7, 11) is 0. The van der Waals surface area contributed by atoms with E-state index >= 15 is 0 Å². The molecule has 0 radical (unpaired) electrons. The molecule has 0 aromatic carbocycles. The van der Waals surface area contributed by atoms with Crippen LogP contribution in [-0.2, 0) is 9.59 Å². The van der Waals surface area contributed by atoms with Crippen LogP contribution in [0.3, 0.4) is 0 Å². The second-order valence-electron chi connectivity index (χ2n) is 6.12. The Morgan fingerprint density at radius 2 is 2.05 bits per heavy atom. The first kappa shape index (κ1) is 16.0. The Kier molecular flexibility index (Phi) is 5.35. The molecule has 0 spiro atoms. The minimum atomic E-state index is -0.423. The number of rotatable bonds is 6. The van der Waals surface area contributed by atoms with E-state index in [4.69, 9.17) is 5.73 Å². The van der Waals surface area contributed by atoms with Gasteiger partial charge in [-0.2, -0.15) is 0 Å². The number of amides is 2. The predicted molar refractivity (Wildman–Crippen MR) is 75.5 cm³/mol. The normalized spacial score (nSPS) is 20.2. The van der Waals surface area contributed by atoms with Gasteiger partial charge in [-0.15, -0.1) is 0 Å². The highest BCUT2D eigenvalue weighted by atomic mass is 16.2. The summed E-state index contributed by atoms with van der Waals surface area (Å²) in [4.78, 5) is 25.9. The van der Waals surface area contributed by atoms with Crippen LogP contribution in [-0.4, -0.2) is 41.4 Å². The Bertz CT molecular complexity index is 332. The maximum absolute atomic E-state index is 12.0. The highest BCUT2D eigenvalue weighted by Crippen LogP contribution is 2.23. The number of nitrogens with zero attached hydrogens (tertiary/aromatic N) is 1. The van der Waals surface area contributed by atoms with Crippen LogP contribution in [0.1, 0.15) is 47.0 Å². The highest BCUT2D eigenvalue weighted by Gasteiger charge is 2.36. The average molecular weight is 269 g/mol. The summed E-state index contributed by atoms with van der Waals surface area (Å²) in [6.45, 7) is 8.86. The van der Waals surface area contributed by atoms with Crippen LogP contribution in [0.4, 0.5) is 0 Å². The van der Waals surface area contributed by atoms with E-state index < -0.39 is 5.54 Å². The zero-order valence-corrected chi connectivity index (χ0v) is 12.5. The Hall–Kier alpha value is -1.10. The van der Waals surface area contributed by atoms with Gasteiger partial charge in [0.2, 0.25) is 11.8 Å². The Labute approximate surface area is 115 Å². The highest BCUT2D eigenvalue weighted by molar-refractivity contribution is 5.89. The molecule has 2 amide bonds. The van der Waals surface area contributed by atoms with Gasteiger partial charge in [-0.3, -0.25) is 9.59 Å². The van der Waals surface area contributed by atoms with Crippen molar-refractivity contribution in [1.82, 2.24) is 10.2 Å². The second-order valence-corrected chi connectivity index (χ2v) is 6.12. The lowest BCUT2D eigenvalue weighted by atomic mass is 10.1. The first-order valence-corrected chi connectivity index (χ1v) is 7.14. The van der Waals surface area contributed by atoms with Crippen molar-refractivity contribution in [3.63, 3.8) is 0 Å². The molecule has 1 fully saturated rings. The lowest BCUT2D eigenvalue weighted by Crippen LogP contribution is -2.47. The van der Waals surface area contributed by atoms with Gasteiger partial charge in [-0.05, 0) is 26.7 Å². The van der Waals surface area contributed by atoms with Gasteiger partial charge in [-0.1, -0.05) is 13.8 Å². The van der Waals surface area contributed by atoms with Gasteiger partial charge in [0, 0.05) is 31.1 Å². The monoisotopic (exact) mass is 269 g/mol. The van der Waals surface area contributed by atoms with Crippen LogP contribution in [0, 0.1) is 5.92 Å². The minimum absolute atomic E-state index is 0.0552. The van der Waals surface area contributed by atoms with E-state index in [-0.39, 0.29) is 23.8 Å². The van der Waals surface area contributed by atoms with Crippen molar-refractivity contribution in [2.75, 3.05) is 13.1 Å². The van der Waals surface area contributed by atoms with Crippen LogP contribution < -0.4 is 11.1 Å². The molecular weight excluding hydrogens is 242 g/mol. The molecule has 5 nitrogen and oxygen atoms in total. The molecule has 1 heterocycles. The summed E-state index contributed by atoms with van der Waals surface area (Å²) in [5.41, 5.74) is 5.41. The molecule has 1 saturated heterocycles. The van der Waals surface area contributed by atoms with Crippen LogP contribution >= 0.6 is 0 Å². The van der Waals surface area contributed by atoms with Crippen molar-refractivity contribution in [1.29, 1.82) is 0 Å². The van der Waals surface area contributed by atoms with Crippen LogP contribution in [0.15, 0.2) is 0 Å². The summed E-state index contributed by atoms with van der Waals surface area (Å²) in [6.07, 6.45) is 2.20. The molecule has 0 aromatic heterocycles. The maximum atomic E-state index is 12.0. The number of carbonyl (C=O) groups is 2. The summed E-state index contributed by atoms with van der Waals surface area (Å²) < 4.78 is 0. The van der Waals surface area contributed by atoms with Crippen molar-refractivity contribution < 1.29 is 9.59 Å². The number of hydrogen-bond acceptors (Lipinski definition) is 3. The quantitative estimate of drug-likeness (QED) is 0.751. The number of nitrogens with two attached hydrogens (primary N) is 1. The lowest BCUT2D eigenvalue weighted by molar-refractivity contribution is -0.130. The van der Waals surface area contributed by atoms with Crippen LogP contribution in [0.25, 0.3) is 0 Å². The largest absolute Gasteiger partial charge is 0.354 e. The molecule has 19 heavy (non-hydrogen) atoms. The van der Waals surface area contributed by atoms with Gasteiger partial charge in [-0.25, -0.2) is 0 Å². The van der Waals surface area contributed by atoms with E-state index in [1.807, 2.05) is 18.7 Å². The molecule has 1 unspecified atom stereocenters. The van der Waals surface area contributed by atoms with Crippen molar-refractivity contribution >= 4 is 11.8 Å². The van der Waals surface area contributed by atoms with Gasteiger partial charge in [0.25, 0.3) is 0 Å². The molecule has 3 N–H and O–H groups in total. The molecular formula is C14H27N3O2. The van der Waals surface area contributed by atoms with E-state index in [1.165, 1.54) is 0 Å². The van der Waals surface area contributed by atoms with Crippen molar-refractivity contribution in [2.45, 2.75) is 58.5 Å². The molecule has 1 atom stereocenters. The van der Waals surface area contributed by atoms with Gasteiger partial charge < -0.3 is 16.0 Å². The van der Waals surface area contributed by atoms with E-state index in [0.29, 0.717) is 19.5 Å². The molecule has 0 saturated carbocycles. The van der Waals surface area contributed by atoms with E-state index in [2.05, 4.69) is 19.2 Å². The van der Waals surface area contributed by atoms with Gasteiger partial charge in [0.1, 0.15) is 0 Å². The topological polar surface area (TPSA) is 75.4 Å². The average Bonchev–Trinajstić information content (AvgIpc) is 2.70. The first-order chi connectivity index (χ1) is 8.78. The fraction of sp³-hybridized carbons (Fsp3) is 0.857. The second kappa shape index (κ2) is 6.37. The SMILES string of the molecule is CCC(CC)N1CC(C(=O)NCC(C)(C)N)CC1=O. The number of carbonyl (C=O) groups excluding carboxylic acids is 2. The van der Waals surface area contributed by atoms with E-state index in [1.54, 1.807) is 0 Å². The van der Waals surface area contributed by atoms with Crippen LogP contribution in [0.2, 0.25) is 0 Å². The predicted octanol–water partition coefficient (Wildman–Crippen LogP) is 0.877. The number of nitrogens with one attached hydrogen (secondary N) is 1. The Morgan fingerprint density at radius 1 is 1.47 bits per heavy atom. The molecule has 110 valence electrons. The van der Waals surface area contributed by atoms with Crippen molar-refractivity contribution in [3.8, 4) is 0 Å². The molecule has 0 aliphatic carbocycles. The zero-order chi connectivity index (χ0) is 14.6. The molecule has 1 aliphatic rings. The summed E-state index contributed by atoms with van der Waals surface area (Å²) >= 11 is 0. The summed E-state index contributed by atoms with van der Waals surface area (Å²) in [6, 6.07) is 0.260. The van der Waals surface area contributed by atoms with E-state index in [9.17, 15) is 9.59 Å². The number of likely N-dealkylation sites (tertiary alicyclic amines) is 1. The van der Waals surface area contributed by atoms with Crippen LogP contribution in [0.5, 0.6) is 0 Å². The Morgan fingerprint density at radius 3 is 2.53 bits per heavy atom. The Balaban J connectivity index is 2.54. The molecule has 1 rings (SSSR count). The third kappa shape index (κ3) is 4.49. The first-order valence-electron chi connectivity index (χ1n) is 7.14. The smallest absolute Gasteiger partial charge is 0.225 e. The fourth-order valence-corrected chi connectivity index (χ4v) is 2.45. The standard InChI is InChI=1S/C14H27N3O2/c1-5-11(6-2)17-8-10(7-12(17)18)13(19)16-9-14(3,4)15/h10-11H,5-9,15H2,1-4H3,(H,16,19). The lowest BCUT2D eigenvalue weighted by Gasteiger charge is -2.26. The fourth-order valence-electron chi connectivity index (χ4n) is 2.45. The molecule has 0 aromatic rings. The minimum Gasteiger partial charge on any atom is -0.354 e. The third-order valence-corrected chi connectivity index (χ3v) is 3.63. The van der Waals surface area contributed by atoms with Crippen molar-refractivity contribution in [2.24, 2.45) is 11.7 Å². The summed E-state index contributed by atoms with van der Waals surface area (Å²) in [5.74, 6) is -0.184. The molecule has 0 bridgehead atoms. The zero-order valence-electron chi connectivity index (χ0n) is 12.5. The molecule has 5 heteroatoms. The van der Waals surface area contributed by atoms with Gasteiger partial charge in [0.05, 0.1) is 5.92 Å². The van der Waals surface area contributed by atoms with Gasteiger partial charge >= 0.3 is 0 Å². The molecule has 1 aliphatic heterocycles. The number of hydrogen-bond donors (Lipinski definition) is 2. The van der Waals surface area contributed by atoms with E-state index in [0.717, 1.165) is 12.8 Å². The van der Waals surface area contributed by atoms with Gasteiger partial charge in [0.15, 0.2) is 0 Å².